The highest BCUT2D eigenvalue weighted by Gasteiger charge is 2.66. The lowest BCUT2D eigenvalue weighted by atomic mass is 9.55. The zero-order chi connectivity index (χ0) is 46.8. The molecular weight excluding hydrogens is 863 g/mol. The number of rotatable bonds is 22. The highest BCUT2D eigenvalue weighted by molar-refractivity contribution is 6.03. The van der Waals surface area contributed by atoms with Crippen molar-refractivity contribution in [1.82, 2.24) is 4.90 Å². The van der Waals surface area contributed by atoms with Crippen LogP contribution in [0.15, 0.2) is 103 Å². The van der Waals surface area contributed by atoms with Gasteiger partial charge in [0.1, 0.15) is 23.3 Å². The number of amides is 1. The number of non-ortho nitro benzene ring substituents is 1. The van der Waals surface area contributed by atoms with Gasteiger partial charge in [-0.15, -0.1) is 13.2 Å². The van der Waals surface area contributed by atoms with Gasteiger partial charge in [0.2, 0.25) is 18.9 Å². The minimum Gasteiger partial charge on any atom is -0.459 e. The van der Waals surface area contributed by atoms with Crippen molar-refractivity contribution in [1.29, 1.82) is 0 Å². The average molecular weight is 924 g/mol. The highest BCUT2D eigenvalue weighted by atomic mass is 16.8. The van der Waals surface area contributed by atoms with Crippen molar-refractivity contribution < 1.29 is 57.9 Å². The Hall–Kier alpha value is -5.94. The van der Waals surface area contributed by atoms with E-state index in [-0.39, 0.29) is 69.6 Å². The molecular formula is C51H61N3O13. The molecule has 16 heteroatoms. The van der Waals surface area contributed by atoms with Crippen LogP contribution in [0.25, 0.3) is 0 Å². The van der Waals surface area contributed by atoms with Crippen molar-refractivity contribution >= 4 is 17.5 Å². The van der Waals surface area contributed by atoms with Crippen molar-refractivity contribution in [3.63, 3.8) is 0 Å². The lowest BCUT2D eigenvalue weighted by molar-refractivity contribution is -0.384. The number of benzene rings is 3. The third-order valence-electron chi connectivity index (χ3n) is 13.3. The van der Waals surface area contributed by atoms with Gasteiger partial charge in [0.05, 0.1) is 42.4 Å². The van der Waals surface area contributed by atoms with Gasteiger partial charge in [-0.2, -0.15) is 0 Å². The molecule has 2 fully saturated rings. The third-order valence-corrected chi connectivity index (χ3v) is 13.3. The first kappa shape index (κ1) is 47.5. The predicted molar refractivity (Wildman–Crippen MR) is 247 cm³/mol. The molecule has 0 bridgehead atoms. The Morgan fingerprint density at radius 3 is 2.54 bits per heavy atom. The van der Waals surface area contributed by atoms with Crippen molar-refractivity contribution in [2.45, 2.75) is 101 Å². The summed E-state index contributed by atoms with van der Waals surface area (Å²) in [6, 6.07) is 16.2. The maximum atomic E-state index is 14.8. The normalized spacial score (nSPS) is 25.2. The van der Waals surface area contributed by atoms with Crippen LogP contribution in [0.2, 0.25) is 0 Å². The number of fused-ring (bicyclic) bond motifs is 3. The second-order valence-electron chi connectivity index (χ2n) is 17.5. The molecule has 67 heavy (non-hydrogen) atoms. The summed E-state index contributed by atoms with van der Waals surface area (Å²) >= 11 is 0. The van der Waals surface area contributed by atoms with Gasteiger partial charge in [-0.3, -0.25) is 15.0 Å². The minimum absolute atomic E-state index is 0.0211. The van der Waals surface area contributed by atoms with Crippen LogP contribution in [0, 0.1) is 27.9 Å². The standard InChI is InChI=1S/C51H61N3O13/c1-3-5-25-61-50(57)53(32-34-18-20-44-45(27-34)63-33-62-44)46-31-42(52-67-47-17-8-11-26-60-47)40-28-35(13-6-9-22-55)39(16-7-10-23-56)48-41-30-38(65-37-15-12-14-36(29-37)54(58)59)19-21-43(41)66-51(46,49(40)48)64-24-4-2/h3-4,12,14-15,18-21,27-30,35,39,46-49,55-56H,1-2,5-11,13,16-17,22-26,31-33H2/t35-,39+,46-,47?,48+,49+,51+/m0/s1. The molecule has 0 aromatic heterocycles. The summed E-state index contributed by atoms with van der Waals surface area (Å²) in [4.78, 5) is 34.1. The number of aliphatic hydroxyl groups excluding tert-OH is 2. The molecule has 3 aromatic carbocycles. The number of ether oxygens (including phenoxy) is 7. The fraction of sp³-hybridized carbons (Fsp3) is 0.490. The van der Waals surface area contributed by atoms with Gasteiger partial charge in [0, 0.05) is 50.1 Å². The van der Waals surface area contributed by atoms with Gasteiger partial charge in [-0.05, 0) is 104 Å². The molecule has 7 atom stereocenters. The maximum absolute atomic E-state index is 14.8. The Morgan fingerprint density at radius 2 is 1.76 bits per heavy atom. The molecule has 0 spiro atoms. The summed E-state index contributed by atoms with van der Waals surface area (Å²) in [5.41, 5.74) is 2.94. The van der Waals surface area contributed by atoms with Crippen LogP contribution in [0.1, 0.15) is 87.7 Å². The molecule has 3 heterocycles. The lowest BCUT2D eigenvalue weighted by Gasteiger charge is -2.59. The Bertz CT molecular complexity index is 2290. The summed E-state index contributed by atoms with van der Waals surface area (Å²) in [6.45, 7) is 8.82. The summed E-state index contributed by atoms with van der Waals surface area (Å²) in [5.74, 6) is -0.217. The van der Waals surface area contributed by atoms with E-state index in [9.17, 15) is 25.1 Å². The summed E-state index contributed by atoms with van der Waals surface area (Å²) in [6.07, 6.45) is 11.8. The van der Waals surface area contributed by atoms with Crippen LogP contribution < -0.4 is 18.9 Å². The smallest absolute Gasteiger partial charge is 0.410 e. The van der Waals surface area contributed by atoms with Gasteiger partial charge < -0.3 is 48.2 Å². The molecule has 8 rings (SSSR count). The molecule has 1 amide bonds. The van der Waals surface area contributed by atoms with Gasteiger partial charge in [0.25, 0.3) is 5.69 Å². The number of allylic oxidation sites excluding steroid dienone is 1. The van der Waals surface area contributed by atoms with E-state index in [0.29, 0.717) is 66.7 Å². The monoisotopic (exact) mass is 923 g/mol. The Morgan fingerprint density at radius 1 is 0.955 bits per heavy atom. The van der Waals surface area contributed by atoms with E-state index in [1.165, 1.54) is 12.1 Å². The predicted octanol–water partition coefficient (Wildman–Crippen LogP) is 9.49. The van der Waals surface area contributed by atoms with E-state index >= 15 is 0 Å². The zero-order valence-electron chi connectivity index (χ0n) is 37.8. The maximum Gasteiger partial charge on any atom is 0.410 e. The quantitative estimate of drug-likeness (QED) is 0.0420. The van der Waals surface area contributed by atoms with E-state index in [1.807, 2.05) is 30.3 Å². The molecule has 1 saturated carbocycles. The van der Waals surface area contributed by atoms with Crippen LogP contribution >= 0.6 is 0 Å². The van der Waals surface area contributed by atoms with Crippen LogP contribution in [-0.2, 0) is 25.6 Å². The topological polar surface area (TPSA) is 190 Å². The molecule has 2 aliphatic carbocycles. The molecule has 5 aliphatic rings. The number of nitrogens with zero attached hydrogens (tertiary/aromatic N) is 3. The van der Waals surface area contributed by atoms with E-state index in [2.05, 4.69) is 19.2 Å². The fourth-order valence-electron chi connectivity index (χ4n) is 10.3. The van der Waals surface area contributed by atoms with Crippen LogP contribution in [0.3, 0.4) is 0 Å². The van der Waals surface area contributed by atoms with Gasteiger partial charge in [-0.1, -0.05) is 48.4 Å². The van der Waals surface area contributed by atoms with Crippen LogP contribution in [0.4, 0.5) is 10.5 Å². The summed E-state index contributed by atoms with van der Waals surface area (Å²) < 4.78 is 44.3. The number of nitro benzene ring substituents is 1. The molecule has 1 saturated heterocycles. The Balaban J connectivity index is 1.33. The summed E-state index contributed by atoms with van der Waals surface area (Å²) in [7, 11) is 0. The first-order valence-corrected chi connectivity index (χ1v) is 23.5. The number of hydrogen-bond donors (Lipinski definition) is 2. The van der Waals surface area contributed by atoms with E-state index in [1.54, 1.807) is 35.3 Å². The average Bonchev–Trinajstić information content (AvgIpc) is 3.82. The molecule has 3 aliphatic heterocycles. The molecule has 3 aromatic rings. The first-order chi connectivity index (χ1) is 32.8. The zero-order valence-corrected chi connectivity index (χ0v) is 37.8. The second kappa shape index (κ2) is 22.2. The molecule has 0 radical (unpaired) electrons. The van der Waals surface area contributed by atoms with Gasteiger partial charge in [-0.25, -0.2) is 4.79 Å². The highest BCUT2D eigenvalue weighted by Crippen LogP contribution is 2.62. The minimum atomic E-state index is -1.57. The first-order valence-electron chi connectivity index (χ1n) is 23.5. The lowest BCUT2D eigenvalue weighted by Crippen LogP contribution is -2.70. The molecule has 2 N–H and O–H groups in total. The largest absolute Gasteiger partial charge is 0.459 e. The summed E-state index contributed by atoms with van der Waals surface area (Å²) in [5, 5.41) is 36.7. The SMILES string of the molecule is C=CCCOC(=O)N(Cc1ccc2c(c1)OCO2)[C@H]1CC(=NOC2CCCCO2)C2=C[C@H](CCCCO)[C@@H](CCCCO)[C@@H]3c4cc(Oc5cccc([N+](=O)[O-])c5)ccc4O[C@@]1(OCC=C)[C@H]23. The van der Waals surface area contributed by atoms with Crippen molar-refractivity contribution in [3.8, 4) is 28.7 Å². The number of unbranched alkanes of at least 4 members (excludes halogenated alkanes) is 2. The third kappa shape index (κ3) is 10.6. The molecule has 16 nitrogen and oxygen atoms in total. The van der Waals surface area contributed by atoms with Crippen molar-refractivity contribution in [2.75, 3.05) is 39.8 Å². The van der Waals surface area contributed by atoms with E-state index < -0.39 is 35.1 Å². The van der Waals surface area contributed by atoms with Crippen LogP contribution in [0.5, 0.6) is 28.7 Å². The fourth-order valence-corrected chi connectivity index (χ4v) is 10.3. The van der Waals surface area contributed by atoms with Crippen molar-refractivity contribution in [3.05, 3.63) is 119 Å². The number of carbonyl (C=O) groups excluding carboxylic acids is 1. The second-order valence-corrected chi connectivity index (χ2v) is 17.5. The van der Waals surface area contributed by atoms with E-state index in [4.69, 9.17) is 43.2 Å². The molecule has 358 valence electrons. The number of hydrogen-bond acceptors (Lipinski definition) is 14. The van der Waals surface area contributed by atoms with E-state index in [0.717, 1.165) is 55.2 Å². The van der Waals surface area contributed by atoms with Crippen LogP contribution in [-0.4, -0.2) is 89.8 Å². The number of nitro groups is 1. The molecule has 1 unspecified atom stereocenters. The van der Waals surface area contributed by atoms with Crippen molar-refractivity contribution in [2.24, 2.45) is 22.9 Å². The number of carbonyl (C=O) groups is 1. The Labute approximate surface area is 390 Å². The number of aliphatic hydroxyl groups is 2. The number of oxime groups is 1. The Kier molecular flexibility index (Phi) is 15.8. The van der Waals surface area contributed by atoms with Gasteiger partial charge >= 0.3 is 6.09 Å². The van der Waals surface area contributed by atoms with Gasteiger partial charge in [0.15, 0.2) is 11.5 Å².